The maximum Gasteiger partial charge on any atom is 0.251 e. The summed E-state index contributed by atoms with van der Waals surface area (Å²) in [5.74, 6) is 0.0422. The molecule has 0 atom stereocenters. The lowest BCUT2D eigenvalue weighted by Gasteiger charge is -2.05. The Hall–Kier alpha value is -1.51. The lowest BCUT2D eigenvalue weighted by molar-refractivity contribution is 0.0951. The highest BCUT2D eigenvalue weighted by Crippen LogP contribution is 2.19. The molecule has 80 valence electrons. The zero-order chi connectivity index (χ0) is 10.7. The number of nitrogens with one attached hydrogen (secondary N) is 2. The maximum atomic E-state index is 11.6. The molecule has 1 aliphatic rings. The Labute approximate surface area is 89.9 Å². The number of amides is 1. The number of anilines is 1. The van der Waals surface area contributed by atoms with Gasteiger partial charge in [0.2, 0.25) is 0 Å². The molecule has 3 nitrogen and oxygen atoms in total. The zero-order valence-corrected chi connectivity index (χ0v) is 8.92. The fraction of sp³-hybridized carbons (Fsp3) is 0.417. The molecule has 1 saturated carbocycles. The van der Waals surface area contributed by atoms with Crippen molar-refractivity contribution >= 4 is 11.6 Å². The third-order valence-corrected chi connectivity index (χ3v) is 2.44. The average molecular weight is 204 g/mol. The van der Waals surface area contributed by atoms with Crippen molar-refractivity contribution in [3.05, 3.63) is 29.8 Å². The highest BCUT2D eigenvalue weighted by molar-refractivity contribution is 5.94. The lowest BCUT2D eigenvalue weighted by atomic mass is 10.2. The van der Waals surface area contributed by atoms with Gasteiger partial charge < -0.3 is 10.6 Å². The topological polar surface area (TPSA) is 41.1 Å². The smallest absolute Gasteiger partial charge is 0.251 e. The summed E-state index contributed by atoms with van der Waals surface area (Å²) in [7, 11) is 0. The van der Waals surface area contributed by atoms with E-state index in [1.165, 1.54) is 0 Å². The molecular weight excluding hydrogens is 188 g/mol. The standard InChI is InChI=1S/C12H16N2O/c1-2-13-10-5-3-9(4-6-10)12(15)14-11-7-8-11/h3-6,11,13H,2,7-8H2,1H3,(H,14,15). The van der Waals surface area contributed by atoms with Gasteiger partial charge in [0, 0.05) is 23.8 Å². The zero-order valence-electron chi connectivity index (χ0n) is 8.92. The van der Waals surface area contributed by atoms with Gasteiger partial charge in [-0.1, -0.05) is 0 Å². The molecule has 0 aromatic heterocycles. The van der Waals surface area contributed by atoms with Crippen LogP contribution in [0.25, 0.3) is 0 Å². The molecule has 1 amide bonds. The van der Waals surface area contributed by atoms with Crippen LogP contribution in [0.1, 0.15) is 30.1 Å². The van der Waals surface area contributed by atoms with Crippen molar-refractivity contribution in [1.82, 2.24) is 5.32 Å². The molecule has 0 radical (unpaired) electrons. The number of rotatable bonds is 4. The van der Waals surface area contributed by atoms with E-state index in [1.54, 1.807) is 0 Å². The van der Waals surface area contributed by atoms with E-state index in [0.29, 0.717) is 6.04 Å². The summed E-state index contributed by atoms with van der Waals surface area (Å²) in [6, 6.07) is 8.01. The van der Waals surface area contributed by atoms with Gasteiger partial charge in [-0.2, -0.15) is 0 Å². The van der Waals surface area contributed by atoms with E-state index in [0.717, 1.165) is 30.6 Å². The van der Waals surface area contributed by atoms with Gasteiger partial charge in [-0.3, -0.25) is 4.79 Å². The van der Waals surface area contributed by atoms with Gasteiger partial charge in [-0.15, -0.1) is 0 Å². The van der Waals surface area contributed by atoms with Crippen LogP contribution in [-0.4, -0.2) is 18.5 Å². The molecule has 3 heteroatoms. The van der Waals surface area contributed by atoms with E-state index in [4.69, 9.17) is 0 Å². The first-order chi connectivity index (χ1) is 7.29. The van der Waals surface area contributed by atoms with Crippen LogP contribution >= 0.6 is 0 Å². The number of benzene rings is 1. The molecule has 2 rings (SSSR count). The summed E-state index contributed by atoms with van der Waals surface area (Å²) in [6.07, 6.45) is 2.25. The van der Waals surface area contributed by atoms with Gasteiger partial charge in [-0.25, -0.2) is 0 Å². The van der Waals surface area contributed by atoms with Gasteiger partial charge in [0.05, 0.1) is 0 Å². The average Bonchev–Trinajstić information content (AvgIpc) is 3.03. The van der Waals surface area contributed by atoms with Crippen LogP contribution in [0.15, 0.2) is 24.3 Å². The highest BCUT2D eigenvalue weighted by Gasteiger charge is 2.23. The first-order valence-corrected chi connectivity index (χ1v) is 5.44. The minimum absolute atomic E-state index is 0.0422. The predicted octanol–water partition coefficient (Wildman–Crippen LogP) is 2.01. The number of carbonyl (C=O) groups excluding carboxylic acids is 1. The number of hydrogen-bond donors (Lipinski definition) is 2. The minimum Gasteiger partial charge on any atom is -0.385 e. The molecule has 0 saturated heterocycles. The second kappa shape index (κ2) is 4.34. The molecule has 1 fully saturated rings. The minimum atomic E-state index is 0.0422. The predicted molar refractivity (Wildman–Crippen MR) is 61.1 cm³/mol. The van der Waals surface area contributed by atoms with Crippen molar-refractivity contribution in [2.45, 2.75) is 25.8 Å². The van der Waals surface area contributed by atoms with Crippen LogP contribution in [0.4, 0.5) is 5.69 Å². The van der Waals surface area contributed by atoms with Crippen molar-refractivity contribution in [3.8, 4) is 0 Å². The van der Waals surface area contributed by atoms with Crippen LogP contribution in [0.2, 0.25) is 0 Å². The van der Waals surface area contributed by atoms with Gasteiger partial charge >= 0.3 is 0 Å². The van der Waals surface area contributed by atoms with E-state index in [2.05, 4.69) is 10.6 Å². The van der Waals surface area contributed by atoms with E-state index >= 15 is 0 Å². The quantitative estimate of drug-likeness (QED) is 0.787. The van der Waals surface area contributed by atoms with E-state index in [1.807, 2.05) is 31.2 Å². The molecule has 0 heterocycles. The number of hydrogen-bond acceptors (Lipinski definition) is 2. The summed E-state index contributed by atoms with van der Waals surface area (Å²) in [4.78, 5) is 11.6. The van der Waals surface area contributed by atoms with Crippen LogP contribution in [0.5, 0.6) is 0 Å². The third kappa shape index (κ3) is 2.72. The van der Waals surface area contributed by atoms with Crippen molar-refractivity contribution in [2.75, 3.05) is 11.9 Å². The fourth-order valence-electron chi connectivity index (χ4n) is 1.44. The SMILES string of the molecule is CCNc1ccc(C(=O)NC2CC2)cc1. The van der Waals surface area contributed by atoms with Crippen molar-refractivity contribution in [2.24, 2.45) is 0 Å². The van der Waals surface area contributed by atoms with Gasteiger partial charge in [0.1, 0.15) is 0 Å². The second-order valence-electron chi connectivity index (χ2n) is 3.86. The van der Waals surface area contributed by atoms with E-state index < -0.39 is 0 Å². The second-order valence-corrected chi connectivity index (χ2v) is 3.86. The highest BCUT2D eigenvalue weighted by atomic mass is 16.1. The summed E-state index contributed by atoms with van der Waals surface area (Å²) in [6.45, 7) is 2.95. The Balaban J connectivity index is 1.98. The van der Waals surface area contributed by atoms with Crippen molar-refractivity contribution in [1.29, 1.82) is 0 Å². The first kappa shape index (κ1) is 10.0. The molecule has 15 heavy (non-hydrogen) atoms. The van der Waals surface area contributed by atoms with E-state index in [9.17, 15) is 4.79 Å². The molecule has 1 aromatic carbocycles. The van der Waals surface area contributed by atoms with Crippen LogP contribution in [0.3, 0.4) is 0 Å². The molecule has 0 unspecified atom stereocenters. The van der Waals surface area contributed by atoms with Gasteiger partial charge in [-0.05, 0) is 44.0 Å². The molecular formula is C12H16N2O. The largest absolute Gasteiger partial charge is 0.385 e. The Morgan fingerprint density at radius 2 is 2.00 bits per heavy atom. The molecule has 1 aliphatic carbocycles. The van der Waals surface area contributed by atoms with Gasteiger partial charge in [0.25, 0.3) is 5.91 Å². The Kier molecular flexibility index (Phi) is 2.90. The van der Waals surface area contributed by atoms with E-state index in [-0.39, 0.29) is 5.91 Å². The molecule has 0 aliphatic heterocycles. The molecule has 0 bridgehead atoms. The van der Waals surface area contributed by atoms with Crippen molar-refractivity contribution < 1.29 is 4.79 Å². The third-order valence-electron chi connectivity index (χ3n) is 2.44. The Morgan fingerprint density at radius 3 is 2.53 bits per heavy atom. The van der Waals surface area contributed by atoms with Crippen LogP contribution in [0, 0.1) is 0 Å². The first-order valence-electron chi connectivity index (χ1n) is 5.44. The Morgan fingerprint density at radius 1 is 1.33 bits per heavy atom. The van der Waals surface area contributed by atoms with Crippen LogP contribution < -0.4 is 10.6 Å². The monoisotopic (exact) mass is 204 g/mol. The fourth-order valence-corrected chi connectivity index (χ4v) is 1.44. The summed E-state index contributed by atoms with van der Waals surface area (Å²) in [5, 5.41) is 6.16. The number of carbonyl (C=O) groups is 1. The maximum absolute atomic E-state index is 11.6. The Bertz CT molecular complexity index is 341. The molecule has 2 N–H and O–H groups in total. The summed E-state index contributed by atoms with van der Waals surface area (Å²) in [5.41, 5.74) is 1.80. The normalized spacial score (nSPS) is 14.7. The molecule has 0 spiro atoms. The lowest BCUT2D eigenvalue weighted by Crippen LogP contribution is -2.25. The van der Waals surface area contributed by atoms with Crippen LogP contribution in [-0.2, 0) is 0 Å². The van der Waals surface area contributed by atoms with Gasteiger partial charge in [0.15, 0.2) is 0 Å². The molecule has 1 aromatic rings. The van der Waals surface area contributed by atoms with Crippen molar-refractivity contribution in [3.63, 3.8) is 0 Å². The summed E-state index contributed by atoms with van der Waals surface area (Å²) >= 11 is 0. The summed E-state index contributed by atoms with van der Waals surface area (Å²) < 4.78 is 0.